The van der Waals surface area contributed by atoms with Crippen molar-refractivity contribution in [1.29, 1.82) is 0 Å². The van der Waals surface area contributed by atoms with Crippen LogP contribution in [0, 0.1) is 5.92 Å². The monoisotopic (exact) mass is 407 g/mol. The summed E-state index contributed by atoms with van der Waals surface area (Å²) in [7, 11) is 0. The smallest absolute Gasteiger partial charge is 0.227 e. The molecular weight excluding hydrogens is 370 g/mol. The van der Waals surface area contributed by atoms with Gasteiger partial charge in [-0.1, -0.05) is 36.4 Å². The van der Waals surface area contributed by atoms with Crippen LogP contribution in [0.15, 0.2) is 49.6 Å². The predicted octanol–water partition coefficient (Wildman–Crippen LogP) is 3.53. The van der Waals surface area contributed by atoms with Crippen LogP contribution in [-0.4, -0.2) is 72.0 Å². The number of carbonyl (C=O) groups is 1. The third-order valence-electron chi connectivity index (χ3n) is 7.37. The molecule has 4 heteroatoms. The maximum atomic E-state index is 13.0. The summed E-state index contributed by atoms with van der Waals surface area (Å²) >= 11 is 0. The summed E-state index contributed by atoms with van der Waals surface area (Å²) in [5.74, 6) is 0.404. The molecule has 1 amide bonds. The number of hydrogen-bond donors (Lipinski definition) is 0. The van der Waals surface area contributed by atoms with Crippen molar-refractivity contribution in [3.05, 3.63) is 60.7 Å². The minimum Gasteiger partial charge on any atom is -0.335 e. The minimum absolute atomic E-state index is 0.126. The van der Waals surface area contributed by atoms with E-state index in [2.05, 4.69) is 47.2 Å². The number of amides is 1. The lowest BCUT2D eigenvalue weighted by atomic mass is 9.92. The van der Waals surface area contributed by atoms with Gasteiger partial charge in [-0.3, -0.25) is 14.6 Å². The van der Waals surface area contributed by atoms with Crippen molar-refractivity contribution in [3.8, 4) is 0 Å². The Morgan fingerprint density at radius 2 is 1.57 bits per heavy atom. The molecule has 0 unspecified atom stereocenters. The molecule has 1 aromatic carbocycles. The number of rotatable bonds is 7. The van der Waals surface area contributed by atoms with Gasteiger partial charge in [-0.2, -0.15) is 0 Å². The quantitative estimate of drug-likeness (QED) is 0.647. The topological polar surface area (TPSA) is 26.8 Å². The molecule has 0 radical (unpaired) electrons. The van der Waals surface area contributed by atoms with Crippen LogP contribution < -0.4 is 0 Å². The number of piperidine rings is 2. The summed E-state index contributed by atoms with van der Waals surface area (Å²) in [4.78, 5) is 20.3. The highest BCUT2D eigenvalue weighted by molar-refractivity contribution is 5.79. The Labute approximate surface area is 182 Å². The fourth-order valence-electron chi connectivity index (χ4n) is 5.77. The number of likely N-dealkylation sites (tertiary alicyclic amines) is 2. The van der Waals surface area contributed by atoms with Gasteiger partial charge in [0.1, 0.15) is 0 Å². The third-order valence-corrected chi connectivity index (χ3v) is 7.37. The molecule has 1 aromatic rings. The van der Waals surface area contributed by atoms with Crippen molar-refractivity contribution in [2.24, 2.45) is 5.92 Å². The van der Waals surface area contributed by atoms with Crippen LogP contribution in [0.25, 0.3) is 0 Å². The second-order valence-corrected chi connectivity index (χ2v) is 9.25. The average molecular weight is 408 g/mol. The highest BCUT2D eigenvalue weighted by Gasteiger charge is 2.35. The molecule has 0 N–H and O–H groups in total. The van der Waals surface area contributed by atoms with Crippen molar-refractivity contribution in [3.63, 3.8) is 0 Å². The molecule has 1 atom stereocenters. The molecule has 4 rings (SSSR count). The second kappa shape index (κ2) is 9.93. The second-order valence-electron chi connectivity index (χ2n) is 9.25. The fraction of sp³-hybridized carbons (Fsp3) is 0.577. The summed E-state index contributed by atoms with van der Waals surface area (Å²) in [5.41, 5.74) is 3.09. The van der Waals surface area contributed by atoms with Gasteiger partial charge in [0, 0.05) is 31.7 Å². The van der Waals surface area contributed by atoms with Crippen molar-refractivity contribution >= 4 is 5.91 Å². The Hall–Kier alpha value is -1.91. The van der Waals surface area contributed by atoms with Gasteiger partial charge in [-0.15, -0.1) is 13.2 Å². The van der Waals surface area contributed by atoms with Crippen LogP contribution in [0.2, 0.25) is 0 Å². The molecule has 0 spiro atoms. The first-order chi connectivity index (χ1) is 14.7. The van der Waals surface area contributed by atoms with Gasteiger partial charge >= 0.3 is 0 Å². The maximum absolute atomic E-state index is 13.0. The molecular formula is C26H37N3O. The van der Waals surface area contributed by atoms with Crippen molar-refractivity contribution in [2.45, 2.75) is 50.6 Å². The van der Waals surface area contributed by atoms with Gasteiger partial charge in [-0.05, 0) is 69.3 Å². The van der Waals surface area contributed by atoms with E-state index in [1.54, 1.807) is 11.1 Å². The van der Waals surface area contributed by atoms with Crippen molar-refractivity contribution in [2.75, 3.05) is 39.3 Å². The minimum atomic E-state index is 0.126. The third kappa shape index (κ3) is 4.70. The van der Waals surface area contributed by atoms with Crippen LogP contribution in [0.5, 0.6) is 0 Å². The Kier molecular flexibility index (Phi) is 7.06. The molecule has 162 valence electrons. The highest BCUT2D eigenvalue weighted by Crippen LogP contribution is 2.30. The average Bonchev–Trinajstić information content (AvgIpc) is 3.23. The van der Waals surface area contributed by atoms with E-state index in [1.165, 1.54) is 38.8 Å². The molecule has 2 saturated heterocycles. The Morgan fingerprint density at radius 1 is 0.933 bits per heavy atom. The van der Waals surface area contributed by atoms with E-state index in [-0.39, 0.29) is 11.8 Å². The van der Waals surface area contributed by atoms with Crippen LogP contribution in [-0.2, 0) is 17.6 Å². The Balaban J connectivity index is 1.29. The predicted molar refractivity (Wildman–Crippen MR) is 124 cm³/mol. The van der Waals surface area contributed by atoms with E-state index in [9.17, 15) is 4.79 Å². The zero-order valence-corrected chi connectivity index (χ0v) is 18.3. The Morgan fingerprint density at radius 3 is 2.17 bits per heavy atom. The van der Waals surface area contributed by atoms with Crippen LogP contribution >= 0.6 is 0 Å². The van der Waals surface area contributed by atoms with Gasteiger partial charge in [-0.25, -0.2) is 0 Å². The maximum Gasteiger partial charge on any atom is 0.227 e. The molecule has 3 aliphatic rings. The first kappa shape index (κ1) is 21.3. The molecule has 2 fully saturated rings. The molecule has 0 saturated carbocycles. The lowest BCUT2D eigenvalue weighted by Gasteiger charge is -2.44. The number of carbonyl (C=O) groups excluding carboxylic acids is 1. The molecule has 30 heavy (non-hydrogen) atoms. The van der Waals surface area contributed by atoms with E-state index in [1.807, 2.05) is 17.1 Å². The van der Waals surface area contributed by atoms with Crippen LogP contribution in [0.4, 0.5) is 0 Å². The van der Waals surface area contributed by atoms with Gasteiger partial charge < -0.3 is 4.90 Å². The lowest BCUT2D eigenvalue weighted by molar-refractivity contribution is -0.136. The number of fused-ring (bicyclic) bond motifs is 1. The SMILES string of the molecule is C=CCN(CC=C)C(=O)[C@@H]1CCCN(C2CCN(C3Cc4ccccc4C3)CC2)C1. The van der Waals surface area contributed by atoms with Gasteiger partial charge in [0.05, 0.1) is 5.92 Å². The lowest BCUT2D eigenvalue weighted by Crippen LogP contribution is -2.52. The molecule has 4 nitrogen and oxygen atoms in total. The molecule has 0 bridgehead atoms. The Bertz CT molecular complexity index is 717. The first-order valence-electron chi connectivity index (χ1n) is 11.7. The van der Waals surface area contributed by atoms with E-state index in [0.29, 0.717) is 25.2 Å². The van der Waals surface area contributed by atoms with Crippen LogP contribution in [0.1, 0.15) is 36.8 Å². The van der Waals surface area contributed by atoms with Gasteiger partial charge in [0.2, 0.25) is 5.91 Å². The number of benzene rings is 1. The van der Waals surface area contributed by atoms with E-state index in [4.69, 9.17) is 0 Å². The fourth-order valence-corrected chi connectivity index (χ4v) is 5.77. The molecule has 0 aromatic heterocycles. The molecule has 1 aliphatic carbocycles. The van der Waals surface area contributed by atoms with E-state index in [0.717, 1.165) is 25.9 Å². The van der Waals surface area contributed by atoms with E-state index < -0.39 is 0 Å². The van der Waals surface area contributed by atoms with Gasteiger partial charge in [0.25, 0.3) is 0 Å². The molecule has 2 aliphatic heterocycles. The standard InChI is InChI=1S/C26H37N3O/c1-3-13-28(14-4-2)26(30)23-10-7-15-29(20-23)24-11-16-27(17-12-24)25-18-21-8-5-6-9-22(21)19-25/h3-6,8-9,23-25H,1-2,7,10-20H2/t23-/m1/s1. The summed E-state index contributed by atoms with van der Waals surface area (Å²) in [6.45, 7) is 13.3. The number of nitrogens with zero attached hydrogens (tertiary/aromatic N) is 3. The highest BCUT2D eigenvalue weighted by atomic mass is 16.2. The van der Waals surface area contributed by atoms with Crippen LogP contribution in [0.3, 0.4) is 0 Å². The molecule has 2 heterocycles. The number of hydrogen-bond acceptors (Lipinski definition) is 3. The first-order valence-corrected chi connectivity index (χ1v) is 11.7. The normalized spacial score (nSPS) is 23.8. The largest absolute Gasteiger partial charge is 0.335 e. The zero-order chi connectivity index (χ0) is 20.9. The summed E-state index contributed by atoms with van der Waals surface area (Å²) in [6.07, 6.45) is 10.7. The summed E-state index contributed by atoms with van der Waals surface area (Å²) in [6, 6.07) is 10.3. The van der Waals surface area contributed by atoms with Crippen molar-refractivity contribution < 1.29 is 4.79 Å². The van der Waals surface area contributed by atoms with Crippen molar-refractivity contribution in [1.82, 2.24) is 14.7 Å². The zero-order valence-electron chi connectivity index (χ0n) is 18.3. The van der Waals surface area contributed by atoms with E-state index >= 15 is 0 Å². The van der Waals surface area contributed by atoms with Gasteiger partial charge in [0.15, 0.2) is 0 Å². The summed E-state index contributed by atoms with van der Waals surface area (Å²) < 4.78 is 0. The summed E-state index contributed by atoms with van der Waals surface area (Å²) in [5, 5.41) is 0.